The number of nitrogens with zero attached hydrogens (tertiary/aromatic N) is 1. The molecule has 3 aromatic carbocycles. The van der Waals surface area contributed by atoms with Crippen LogP contribution in [0.5, 0.6) is 0 Å². The number of aliphatic hydroxyl groups is 1. The van der Waals surface area contributed by atoms with E-state index in [1.54, 1.807) is 66.7 Å². The van der Waals surface area contributed by atoms with E-state index in [0.717, 1.165) is 5.56 Å². The lowest BCUT2D eigenvalue weighted by Gasteiger charge is -2.26. The van der Waals surface area contributed by atoms with Crippen LogP contribution < -0.4 is 0 Å². The molecule has 1 N–H and O–H groups in total. The molecule has 0 heterocycles. The molecule has 7 heteroatoms. The molecule has 3 rings (SSSR count). The van der Waals surface area contributed by atoms with E-state index in [9.17, 15) is 19.5 Å². The van der Waals surface area contributed by atoms with E-state index in [-0.39, 0.29) is 18.8 Å². The fourth-order valence-corrected chi connectivity index (χ4v) is 2.95. The lowest BCUT2D eigenvalue weighted by molar-refractivity contribution is -0.151. The summed E-state index contributed by atoms with van der Waals surface area (Å²) >= 11 is 0. The third-order valence-electron chi connectivity index (χ3n) is 4.62. The van der Waals surface area contributed by atoms with E-state index in [1.807, 2.05) is 12.1 Å². The number of imide groups is 1. The lowest BCUT2D eigenvalue weighted by atomic mass is 10.1. The maximum atomic E-state index is 13.1. The molecule has 32 heavy (non-hydrogen) atoms. The fourth-order valence-electron chi connectivity index (χ4n) is 2.95. The Labute approximate surface area is 185 Å². The highest BCUT2D eigenvalue weighted by atomic mass is 16.6. The first-order chi connectivity index (χ1) is 15.6. The van der Waals surface area contributed by atoms with Gasteiger partial charge >= 0.3 is 12.1 Å². The van der Waals surface area contributed by atoms with Crippen LogP contribution in [0.25, 0.3) is 0 Å². The van der Waals surface area contributed by atoms with Crippen LogP contribution in [0.4, 0.5) is 4.79 Å². The minimum Gasteiger partial charge on any atom is -0.459 e. The van der Waals surface area contributed by atoms with Gasteiger partial charge in [-0.05, 0) is 23.3 Å². The molecule has 0 aliphatic rings. The number of amides is 2. The maximum Gasteiger partial charge on any atom is 0.418 e. The first-order valence-electron chi connectivity index (χ1n) is 10.0. The molecule has 0 saturated heterocycles. The highest BCUT2D eigenvalue weighted by Crippen LogP contribution is 2.14. The Morgan fingerprint density at radius 3 is 1.69 bits per heavy atom. The number of hydrogen-bond donors (Lipinski definition) is 1. The molecule has 0 unspecified atom stereocenters. The number of aliphatic hydroxyl groups excluding tert-OH is 1. The molecule has 164 valence electrons. The van der Waals surface area contributed by atoms with Crippen LogP contribution in [0.15, 0.2) is 91.0 Å². The van der Waals surface area contributed by atoms with Crippen molar-refractivity contribution < 1.29 is 29.0 Å². The van der Waals surface area contributed by atoms with E-state index in [2.05, 4.69) is 0 Å². The summed E-state index contributed by atoms with van der Waals surface area (Å²) in [4.78, 5) is 39.3. The van der Waals surface area contributed by atoms with Crippen molar-refractivity contribution in [3.05, 3.63) is 108 Å². The Balaban J connectivity index is 1.79. The number of ether oxygens (including phenoxy) is 2. The van der Waals surface area contributed by atoms with Crippen LogP contribution in [0, 0.1) is 0 Å². The minimum absolute atomic E-state index is 0.0669. The van der Waals surface area contributed by atoms with Crippen molar-refractivity contribution >= 4 is 18.0 Å². The van der Waals surface area contributed by atoms with Crippen LogP contribution >= 0.6 is 0 Å². The van der Waals surface area contributed by atoms with Crippen molar-refractivity contribution in [1.82, 2.24) is 4.90 Å². The van der Waals surface area contributed by atoms with E-state index in [1.165, 1.54) is 12.1 Å². The number of esters is 1. The van der Waals surface area contributed by atoms with Crippen molar-refractivity contribution in [2.45, 2.75) is 19.3 Å². The second-order valence-corrected chi connectivity index (χ2v) is 6.87. The van der Waals surface area contributed by atoms with Gasteiger partial charge in [-0.2, -0.15) is 0 Å². The van der Waals surface area contributed by atoms with Crippen LogP contribution in [0.2, 0.25) is 0 Å². The van der Waals surface area contributed by atoms with Gasteiger partial charge in [0, 0.05) is 5.56 Å². The topological polar surface area (TPSA) is 93.1 Å². The molecule has 2 amide bonds. The van der Waals surface area contributed by atoms with Crippen molar-refractivity contribution in [2.75, 3.05) is 6.61 Å². The first-order valence-corrected chi connectivity index (χ1v) is 10.0. The highest BCUT2D eigenvalue weighted by Gasteiger charge is 2.37. The summed E-state index contributed by atoms with van der Waals surface area (Å²) in [5.41, 5.74) is 1.60. The molecule has 1 atom stereocenters. The number of hydrogen-bond acceptors (Lipinski definition) is 6. The third kappa shape index (κ3) is 6.02. The van der Waals surface area contributed by atoms with Crippen LogP contribution in [0.3, 0.4) is 0 Å². The molecule has 0 spiro atoms. The standard InChI is InChI=1S/C25H23NO6/c27-16-22(24(29)31-17-19-10-4-1-5-11-19)26(23(28)21-14-8-3-9-15-21)25(30)32-18-20-12-6-2-7-13-20/h1-15,22,27H,16-18H2/t22-/m0/s1. The van der Waals surface area contributed by atoms with Crippen molar-refractivity contribution in [3.63, 3.8) is 0 Å². The summed E-state index contributed by atoms with van der Waals surface area (Å²) in [6, 6.07) is 24.3. The largest absolute Gasteiger partial charge is 0.459 e. The first kappa shape index (κ1) is 22.7. The van der Waals surface area contributed by atoms with Crippen molar-refractivity contribution in [1.29, 1.82) is 0 Å². The Hall–Kier alpha value is -3.97. The Morgan fingerprint density at radius 1 is 0.719 bits per heavy atom. The van der Waals surface area contributed by atoms with Gasteiger partial charge in [-0.1, -0.05) is 78.9 Å². The SMILES string of the molecule is O=C(OCc1ccccc1)[C@H](CO)N(C(=O)OCc1ccccc1)C(=O)c1ccccc1. The van der Waals surface area contributed by atoms with Gasteiger partial charge in [0.15, 0.2) is 6.04 Å². The zero-order valence-corrected chi connectivity index (χ0v) is 17.3. The van der Waals surface area contributed by atoms with Crippen molar-refractivity contribution in [3.8, 4) is 0 Å². The van der Waals surface area contributed by atoms with Crippen LogP contribution in [-0.4, -0.2) is 40.6 Å². The smallest absolute Gasteiger partial charge is 0.418 e. The maximum absolute atomic E-state index is 13.1. The molecule has 0 radical (unpaired) electrons. The second-order valence-electron chi connectivity index (χ2n) is 6.87. The van der Waals surface area contributed by atoms with Gasteiger partial charge in [0.25, 0.3) is 5.91 Å². The predicted octanol–water partition coefficient (Wildman–Crippen LogP) is 3.57. The summed E-state index contributed by atoms with van der Waals surface area (Å²) in [6.45, 7) is -0.981. The van der Waals surface area contributed by atoms with Gasteiger partial charge in [-0.25, -0.2) is 14.5 Å². The molecular formula is C25H23NO6. The fraction of sp³-hybridized carbons (Fsp3) is 0.160. The van der Waals surface area contributed by atoms with Gasteiger partial charge < -0.3 is 14.6 Å². The summed E-state index contributed by atoms with van der Waals surface area (Å²) in [6.07, 6.45) is -1.06. The van der Waals surface area contributed by atoms with Crippen molar-refractivity contribution in [2.24, 2.45) is 0 Å². The highest BCUT2D eigenvalue weighted by molar-refractivity contribution is 6.05. The number of carbonyl (C=O) groups excluding carboxylic acids is 3. The molecule has 3 aromatic rings. The molecule has 0 saturated carbocycles. The Morgan fingerprint density at radius 2 is 1.19 bits per heavy atom. The third-order valence-corrected chi connectivity index (χ3v) is 4.62. The van der Waals surface area contributed by atoms with Gasteiger partial charge in [0.05, 0.1) is 6.61 Å². The molecule has 0 fully saturated rings. The molecule has 0 aliphatic heterocycles. The normalized spacial score (nSPS) is 11.3. The van der Waals surface area contributed by atoms with E-state index >= 15 is 0 Å². The molecule has 7 nitrogen and oxygen atoms in total. The quantitative estimate of drug-likeness (QED) is 0.546. The molecule has 0 bridgehead atoms. The monoisotopic (exact) mass is 433 g/mol. The summed E-state index contributed by atoms with van der Waals surface area (Å²) in [7, 11) is 0. The molecular weight excluding hydrogens is 410 g/mol. The zero-order valence-electron chi connectivity index (χ0n) is 17.3. The Kier molecular flexibility index (Phi) is 8.11. The number of carbonyl (C=O) groups is 3. The Bertz CT molecular complexity index is 1020. The van der Waals surface area contributed by atoms with Gasteiger partial charge in [0.2, 0.25) is 0 Å². The summed E-state index contributed by atoms with van der Waals surface area (Å²) in [5.74, 6) is -1.70. The van der Waals surface area contributed by atoms with Gasteiger partial charge in [0.1, 0.15) is 13.2 Å². The number of benzene rings is 3. The summed E-state index contributed by atoms with van der Waals surface area (Å²) < 4.78 is 10.5. The van der Waals surface area contributed by atoms with Gasteiger partial charge in [-0.3, -0.25) is 4.79 Å². The minimum atomic E-state index is -1.56. The predicted molar refractivity (Wildman–Crippen MR) is 116 cm³/mol. The zero-order chi connectivity index (χ0) is 22.8. The molecule has 0 aromatic heterocycles. The molecule has 0 aliphatic carbocycles. The average Bonchev–Trinajstić information content (AvgIpc) is 2.85. The van der Waals surface area contributed by atoms with E-state index in [0.29, 0.717) is 10.5 Å². The van der Waals surface area contributed by atoms with E-state index < -0.39 is 30.6 Å². The number of rotatable bonds is 8. The average molecular weight is 433 g/mol. The van der Waals surface area contributed by atoms with Gasteiger partial charge in [-0.15, -0.1) is 0 Å². The van der Waals surface area contributed by atoms with E-state index in [4.69, 9.17) is 9.47 Å². The van der Waals surface area contributed by atoms with Crippen LogP contribution in [0.1, 0.15) is 21.5 Å². The second kappa shape index (κ2) is 11.4. The van der Waals surface area contributed by atoms with Crippen LogP contribution in [-0.2, 0) is 27.5 Å². The lowest BCUT2D eigenvalue weighted by Crippen LogP contribution is -2.51. The summed E-state index contributed by atoms with van der Waals surface area (Å²) in [5, 5.41) is 9.89.